The number of alkyl halides is 1. The van der Waals surface area contributed by atoms with Crippen LogP contribution in [0.1, 0.15) is 20.8 Å². The van der Waals surface area contributed by atoms with Crippen LogP contribution >= 0.6 is 15.9 Å². The van der Waals surface area contributed by atoms with Gasteiger partial charge in [-0.25, -0.2) is 0 Å². The number of amides is 1. The molecule has 0 spiro atoms. The number of rotatable bonds is 5. The molecular formula is C13H26BrN3O. The van der Waals surface area contributed by atoms with Crippen LogP contribution in [-0.2, 0) is 4.79 Å². The third-order valence-electron chi connectivity index (χ3n) is 3.62. The number of piperazine rings is 1. The summed E-state index contributed by atoms with van der Waals surface area (Å²) in [6.07, 6.45) is 0. The lowest BCUT2D eigenvalue weighted by atomic mass is 10.0. The van der Waals surface area contributed by atoms with Gasteiger partial charge in [0.05, 0.1) is 4.83 Å². The zero-order valence-electron chi connectivity index (χ0n) is 11.9. The minimum Gasteiger partial charge on any atom is -0.354 e. The van der Waals surface area contributed by atoms with Gasteiger partial charge in [0.2, 0.25) is 5.91 Å². The Hall–Kier alpha value is -0.130. The van der Waals surface area contributed by atoms with Crippen LogP contribution in [0.5, 0.6) is 0 Å². The monoisotopic (exact) mass is 319 g/mol. The SMILES string of the molecule is CC(Br)C(=O)NCC(C(C)C)N1CCN(C)CC1. The fraction of sp³-hybridized carbons (Fsp3) is 0.923. The summed E-state index contributed by atoms with van der Waals surface area (Å²) in [6.45, 7) is 11.5. The van der Waals surface area contributed by atoms with Crippen LogP contribution in [0.15, 0.2) is 0 Å². The highest BCUT2D eigenvalue weighted by molar-refractivity contribution is 9.10. The summed E-state index contributed by atoms with van der Waals surface area (Å²) in [7, 11) is 2.16. The Morgan fingerprint density at radius 2 is 1.78 bits per heavy atom. The maximum Gasteiger partial charge on any atom is 0.233 e. The highest BCUT2D eigenvalue weighted by atomic mass is 79.9. The predicted octanol–water partition coefficient (Wildman–Crippen LogP) is 1.16. The van der Waals surface area contributed by atoms with Crippen LogP contribution in [0.4, 0.5) is 0 Å². The summed E-state index contributed by atoms with van der Waals surface area (Å²) in [6, 6.07) is 0.439. The Morgan fingerprint density at radius 3 is 2.22 bits per heavy atom. The quantitative estimate of drug-likeness (QED) is 0.772. The molecule has 5 heteroatoms. The summed E-state index contributed by atoms with van der Waals surface area (Å²) >= 11 is 3.30. The average Bonchev–Trinajstić information content (AvgIpc) is 2.30. The number of carbonyl (C=O) groups is 1. The molecule has 1 N–H and O–H groups in total. The minimum atomic E-state index is -0.113. The molecule has 2 unspecified atom stereocenters. The molecule has 0 saturated carbocycles. The first-order valence-corrected chi connectivity index (χ1v) is 7.67. The first-order valence-electron chi connectivity index (χ1n) is 6.76. The van der Waals surface area contributed by atoms with Crippen molar-refractivity contribution in [3.8, 4) is 0 Å². The first-order chi connectivity index (χ1) is 8.41. The molecule has 1 heterocycles. The molecule has 1 saturated heterocycles. The van der Waals surface area contributed by atoms with Crippen molar-refractivity contribution in [3.63, 3.8) is 0 Å². The van der Waals surface area contributed by atoms with Gasteiger partial charge in [0.1, 0.15) is 0 Å². The second-order valence-corrected chi connectivity index (χ2v) is 6.89. The van der Waals surface area contributed by atoms with Gasteiger partial charge in [-0.15, -0.1) is 0 Å². The van der Waals surface area contributed by atoms with E-state index >= 15 is 0 Å². The summed E-state index contributed by atoms with van der Waals surface area (Å²) in [4.78, 5) is 16.4. The highest BCUT2D eigenvalue weighted by Crippen LogP contribution is 2.13. The molecule has 0 aromatic carbocycles. The van der Waals surface area contributed by atoms with Gasteiger partial charge < -0.3 is 10.2 Å². The van der Waals surface area contributed by atoms with Crippen LogP contribution in [0.3, 0.4) is 0 Å². The molecule has 0 aliphatic carbocycles. The number of hydrogen-bond acceptors (Lipinski definition) is 3. The smallest absolute Gasteiger partial charge is 0.233 e. The van der Waals surface area contributed by atoms with Crippen LogP contribution in [0.2, 0.25) is 0 Å². The summed E-state index contributed by atoms with van der Waals surface area (Å²) in [5, 5.41) is 3.03. The standard InChI is InChI=1S/C13H26BrN3O/c1-10(2)12(9-15-13(18)11(3)14)17-7-5-16(4)6-8-17/h10-12H,5-9H2,1-4H3,(H,15,18). The zero-order valence-corrected chi connectivity index (χ0v) is 13.5. The number of halogens is 1. The second-order valence-electron chi connectivity index (χ2n) is 5.51. The van der Waals surface area contributed by atoms with Crippen molar-refractivity contribution >= 4 is 21.8 Å². The normalized spacial score (nSPS) is 21.9. The predicted molar refractivity (Wildman–Crippen MR) is 79.1 cm³/mol. The lowest BCUT2D eigenvalue weighted by molar-refractivity contribution is -0.120. The fourth-order valence-electron chi connectivity index (χ4n) is 2.29. The van der Waals surface area contributed by atoms with E-state index in [4.69, 9.17) is 0 Å². The Kier molecular flexibility index (Phi) is 6.60. The van der Waals surface area contributed by atoms with E-state index in [1.54, 1.807) is 0 Å². The van der Waals surface area contributed by atoms with E-state index < -0.39 is 0 Å². The van der Waals surface area contributed by atoms with Crippen LogP contribution < -0.4 is 5.32 Å². The number of hydrogen-bond donors (Lipinski definition) is 1. The zero-order chi connectivity index (χ0) is 13.7. The van der Waals surface area contributed by atoms with Crippen molar-refractivity contribution in [2.24, 2.45) is 5.92 Å². The van der Waals surface area contributed by atoms with E-state index in [9.17, 15) is 4.79 Å². The molecular weight excluding hydrogens is 294 g/mol. The molecule has 18 heavy (non-hydrogen) atoms. The summed E-state index contributed by atoms with van der Waals surface area (Å²) in [5.41, 5.74) is 0. The van der Waals surface area contributed by atoms with E-state index in [-0.39, 0.29) is 10.7 Å². The molecule has 2 atom stereocenters. The molecule has 1 amide bonds. The van der Waals surface area contributed by atoms with E-state index in [2.05, 4.69) is 51.9 Å². The van der Waals surface area contributed by atoms with E-state index in [0.29, 0.717) is 12.0 Å². The first kappa shape index (κ1) is 15.9. The molecule has 0 aromatic heterocycles. The molecule has 0 aromatic rings. The third-order valence-corrected chi connectivity index (χ3v) is 4.04. The van der Waals surface area contributed by atoms with Gasteiger partial charge >= 0.3 is 0 Å². The molecule has 0 bridgehead atoms. The molecule has 106 valence electrons. The second kappa shape index (κ2) is 7.46. The molecule has 1 aliphatic rings. The van der Waals surface area contributed by atoms with Crippen molar-refractivity contribution in [2.45, 2.75) is 31.6 Å². The summed E-state index contributed by atoms with van der Waals surface area (Å²) in [5.74, 6) is 0.633. The molecule has 0 radical (unpaired) electrons. The van der Waals surface area contributed by atoms with E-state index in [0.717, 1.165) is 32.7 Å². The van der Waals surface area contributed by atoms with E-state index in [1.165, 1.54) is 0 Å². The number of likely N-dealkylation sites (N-methyl/N-ethyl adjacent to an activating group) is 1. The lowest BCUT2D eigenvalue weighted by Gasteiger charge is -2.40. The Morgan fingerprint density at radius 1 is 1.22 bits per heavy atom. The molecule has 1 rings (SSSR count). The van der Waals surface area contributed by atoms with Gasteiger partial charge in [-0.05, 0) is 19.9 Å². The van der Waals surface area contributed by atoms with Crippen LogP contribution in [0, 0.1) is 5.92 Å². The molecule has 4 nitrogen and oxygen atoms in total. The molecule has 1 fully saturated rings. The maximum atomic E-state index is 11.6. The fourth-order valence-corrected chi connectivity index (χ4v) is 2.45. The van der Waals surface area contributed by atoms with Crippen molar-refractivity contribution in [2.75, 3.05) is 39.8 Å². The Labute approximate surface area is 119 Å². The largest absolute Gasteiger partial charge is 0.354 e. The Balaban J connectivity index is 2.47. The van der Waals surface area contributed by atoms with Crippen molar-refractivity contribution in [3.05, 3.63) is 0 Å². The number of nitrogens with one attached hydrogen (secondary N) is 1. The van der Waals surface area contributed by atoms with Gasteiger partial charge in [0.25, 0.3) is 0 Å². The highest BCUT2D eigenvalue weighted by Gasteiger charge is 2.25. The topological polar surface area (TPSA) is 35.6 Å². The van der Waals surface area contributed by atoms with Crippen molar-refractivity contribution in [1.82, 2.24) is 15.1 Å². The van der Waals surface area contributed by atoms with Crippen LogP contribution in [-0.4, -0.2) is 66.3 Å². The van der Waals surface area contributed by atoms with Gasteiger partial charge in [0.15, 0.2) is 0 Å². The summed E-state index contributed by atoms with van der Waals surface area (Å²) < 4.78 is 0. The van der Waals surface area contributed by atoms with Gasteiger partial charge in [-0.2, -0.15) is 0 Å². The average molecular weight is 320 g/mol. The van der Waals surface area contributed by atoms with Gasteiger partial charge in [-0.3, -0.25) is 9.69 Å². The molecule has 1 aliphatic heterocycles. The third kappa shape index (κ3) is 4.86. The van der Waals surface area contributed by atoms with Crippen LogP contribution in [0.25, 0.3) is 0 Å². The van der Waals surface area contributed by atoms with E-state index in [1.807, 2.05) is 6.92 Å². The van der Waals surface area contributed by atoms with Crippen molar-refractivity contribution < 1.29 is 4.79 Å². The Bertz CT molecular complexity index is 263. The number of carbonyl (C=O) groups excluding carboxylic acids is 1. The number of nitrogens with zero attached hydrogens (tertiary/aromatic N) is 2. The van der Waals surface area contributed by atoms with Crippen molar-refractivity contribution in [1.29, 1.82) is 0 Å². The van der Waals surface area contributed by atoms with Gasteiger partial charge in [-0.1, -0.05) is 29.8 Å². The minimum absolute atomic E-state index is 0.0785. The lowest BCUT2D eigenvalue weighted by Crippen LogP contribution is -2.54. The van der Waals surface area contributed by atoms with Gasteiger partial charge in [0, 0.05) is 38.8 Å². The maximum absolute atomic E-state index is 11.6.